The Kier molecular flexibility index (Phi) is 6.72. The van der Waals surface area contributed by atoms with Gasteiger partial charge in [-0.3, -0.25) is 0 Å². The van der Waals surface area contributed by atoms with Crippen LogP contribution in [0, 0.1) is 13.8 Å². The number of urea groups is 1. The Hall–Kier alpha value is -2.89. The van der Waals surface area contributed by atoms with Crippen LogP contribution in [0.25, 0.3) is 0 Å². The Morgan fingerprint density at radius 3 is 2.27 bits per heavy atom. The number of rotatable bonds is 7. The van der Waals surface area contributed by atoms with E-state index in [0.717, 1.165) is 22.4 Å². The summed E-state index contributed by atoms with van der Waals surface area (Å²) in [5, 5.41) is 5.75. The maximum absolute atomic E-state index is 12.1. The third-order valence-corrected chi connectivity index (χ3v) is 4.32. The molecule has 0 aliphatic heterocycles. The molecule has 0 aromatic heterocycles. The standard InChI is InChI=1S/C20H26N2O4/c1-13-7-6-8-16(14(13)2)22-20(23)21-10-9-15-11-18(25-4)19(26-5)12-17(15)24-3/h6-8,11-12H,9-10H2,1-5H3,(H2,21,22,23). The molecule has 0 saturated heterocycles. The predicted molar refractivity (Wildman–Crippen MR) is 103 cm³/mol. The molecule has 0 unspecified atom stereocenters. The van der Waals surface area contributed by atoms with Crippen molar-refractivity contribution < 1.29 is 19.0 Å². The molecule has 0 spiro atoms. The Morgan fingerprint density at radius 1 is 0.962 bits per heavy atom. The van der Waals surface area contributed by atoms with Crippen molar-refractivity contribution in [3.8, 4) is 17.2 Å². The highest BCUT2D eigenvalue weighted by Gasteiger charge is 2.12. The summed E-state index contributed by atoms with van der Waals surface area (Å²) in [4.78, 5) is 12.1. The highest BCUT2D eigenvalue weighted by Crippen LogP contribution is 2.34. The van der Waals surface area contributed by atoms with Crippen LogP contribution in [-0.2, 0) is 6.42 Å². The van der Waals surface area contributed by atoms with Crippen LogP contribution in [-0.4, -0.2) is 33.9 Å². The van der Waals surface area contributed by atoms with Crippen molar-refractivity contribution in [3.63, 3.8) is 0 Å². The van der Waals surface area contributed by atoms with Gasteiger partial charge in [-0.1, -0.05) is 12.1 Å². The van der Waals surface area contributed by atoms with Gasteiger partial charge in [0.2, 0.25) is 0 Å². The number of ether oxygens (including phenoxy) is 3. The Balaban J connectivity index is 1.98. The highest BCUT2D eigenvalue weighted by atomic mass is 16.5. The summed E-state index contributed by atoms with van der Waals surface area (Å²) in [6.07, 6.45) is 0.601. The van der Waals surface area contributed by atoms with Crippen LogP contribution in [0.5, 0.6) is 17.2 Å². The summed E-state index contributed by atoms with van der Waals surface area (Å²) in [5.74, 6) is 1.93. The fourth-order valence-electron chi connectivity index (χ4n) is 2.65. The minimum absolute atomic E-state index is 0.238. The van der Waals surface area contributed by atoms with E-state index in [-0.39, 0.29) is 6.03 Å². The SMILES string of the molecule is COc1cc(OC)c(OC)cc1CCNC(=O)Nc1cccc(C)c1C. The maximum atomic E-state index is 12.1. The zero-order chi connectivity index (χ0) is 19.1. The third kappa shape index (κ3) is 4.59. The Bertz CT molecular complexity index is 775. The summed E-state index contributed by atoms with van der Waals surface area (Å²) in [6.45, 7) is 4.46. The molecule has 0 radical (unpaired) electrons. The summed E-state index contributed by atoms with van der Waals surface area (Å²) in [6, 6.07) is 9.23. The summed E-state index contributed by atoms with van der Waals surface area (Å²) >= 11 is 0. The van der Waals surface area contributed by atoms with Crippen LogP contribution in [0.3, 0.4) is 0 Å². The number of methoxy groups -OCH3 is 3. The molecule has 2 N–H and O–H groups in total. The first-order valence-electron chi connectivity index (χ1n) is 8.40. The Labute approximate surface area is 154 Å². The van der Waals surface area contributed by atoms with Gasteiger partial charge in [-0.25, -0.2) is 4.79 Å². The molecule has 0 aliphatic rings. The fourth-order valence-corrected chi connectivity index (χ4v) is 2.65. The van der Waals surface area contributed by atoms with Gasteiger partial charge in [0.25, 0.3) is 0 Å². The molecule has 0 heterocycles. The van der Waals surface area contributed by atoms with Gasteiger partial charge in [0.15, 0.2) is 11.5 Å². The molecule has 0 bridgehead atoms. The molecule has 0 aliphatic carbocycles. The average molecular weight is 358 g/mol. The van der Waals surface area contributed by atoms with Crippen molar-refractivity contribution in [3.05, 3.63) is 47.0 Å². The molecular formula is C20H26N2O4. The van der Waals surface area contributed by atoms with Gasteiger partial charge >= 0.3 is 6.03 Å². The zero-order valence-corrected chi connectivity index (χ0v) is 15.9. The lowest BCUT2D eigenvalue weighted by molar-refractivity contribution is 0.252. The molecule has 26 heavy (non-hydrogen) atoms. The predicted octanol–water partition coefficient (Wildman–Crippen LogP) is 3.69. The van der Waals surface area contributed by atoms with E-state index in [1.54, 1.807) is 27.4 Å². The third-order valence-electron chi connectivity index (χ3n) is 4.32. The first-order chi connectivity index (χ1) is 12.5. The number of anilines is 1. The number of amides is 2. The molecule has 0 atom stereocenters. The number of hydrogen-bond donors (Lipinski definition) is 2. The second-order valence-electron chi connectivity index (χ2n) is 5.90. The zero-order valence-electron chi connectivity index (χ0n) is 15.9. The van der Waals surface area contributed by atoms with Crippen molar-refractivity contribution in [1.29, 1.82) is 0 Å². The first-order valence-corrected chi connectivity index (χ1v) is 8.40. The second-order valence-corrected chi connectivity index (χ2v) is 5.90. The lowest BCUT2D eigenvalue weighted by Gasteiger charge is -2.15. The topological polar surface area (TPSA) is 68.8 Å². The Morgan fingerprint density at radius 2 is 1.62 bits per heavy atom. The van der Waals surface area contributed by atoms with Crippen molar-refractivity contribution in [2.75, 3.05) is 33.2 Å². The van der Waals surface area contributed by atoms with Gasteiger partial charge in [0.1, 0.15) is 5.75 Å². The highest BCUT2D eigenvalue weighted by molar-refractivity contribution is 5.90. The van der Waals surface area contributed by atoms with E-state index in [1.807, 2.05) is 38.1 Å². The lowest BCUT2D eigenvalue weighted by Crippen LogP contribution is -2.30. The monoisotopic (exact) mass is 358 g/mol. The van der Waals surface area contributed by atoms with Crippen LogP contribution in [0.2, 0.25) is 0 Å². The number of carbonyl (C=O) groups is 1. The van der Waals surface area contributed by atoms with E-state index in [0.29, 0.717) is 30.2 Å². The smallest absolute Gasteiger partial charge is 0.319 e. The molecule has 2 aromatic rings. The number of carbonyl (C=O) groups excluding carboxylic acids is 1. The van der Waals surface area contributed by atoms with Gasteiger partial charge < -0.3 is 24.8 Å². The lowest BCUT2D eigenvalue weighted by atomic mass is 10.1. The average Bonchev–Trinajstić information content (AvgIpc) is 2.64. The second kappa shape index (κ2) is 8.99. The van der Waals surface area contributed by atoms with Gasteiger partial charge in [-0.15, -0.1) is 0 Å². The van der Waals surface area contributed by atoms with Gasteiger partial charge in [0.05, 0.1) is 21.3 Å². The number of hydrogen-bond acceptors (Lipinski definition) is 4. The van der Waals surface area contributed by atoms with E-state index < -0.39 is 0 Å². The number of nitrogens with one attached hydrogen (secondary N) is 2. The molecule has 2 amide bonds. The first kappa shape index (κ1) is 19.4. The van der Waals surface area contributed by atoms with Crippen molar-refractivity contribution in [2.45, 2.75) is 20.3 Å². The van der Waals surface area contributed by atoms with Crippen LogP contribution >= 0.6 is 0 Å². The van der Waals surface area contributed by atoms with Crippen LogP contribution in [0.1, 0.15) is 16.7 Å². The summed E-state index contributed by atoms with van der Waals surface area (Å²) in [5.41, 5.74) is 3.94. The van der Waals surface area contributed by atoms with Gasteiger partial charge in [0, 0.05) is 18.3 Å². The van der Waals surface area contributed by atoms with Crippen molar-refractivity contribution in [2.24, 2.45) is 0 Å². The molecular weight excluding hydrogens is 332 g/mol. The maximum Gasteiger partial charge on any atom is 0.319 e. The van der Waals surface area contributed by atoms with E-state index in [4.69, 9.17) is 14.2 Å². The van der Waals surface area contributed by atoms with Crippen LogP contribution < -0.4 is 24.8 Å². The molecule has 2 aromatic carbocycles. The van der Waals surface area contributed by atoms with Crippen LogP contribution in [0.4, 0.5) is 10.5 Å². The van der Waals surface area contributed by atoms with Crippen LogP contribution in [0.15, 0.2) is 30.3 Å². The molecule has 2 rings (SSSR count). The summed E-state index contributed by atoms with van der Waals surface area (Å²) < 4.78 is 16.0. The largest absolute Gasteiger partial charge is 0.496 e. The number of benzene rings is 2. The fraction of sp³-hybridized carbons (Fsp3) is 0.350. The molecule has 140 valence electrons. The molecule has 6 heteroatoms. The van der Waals surface area contributed by atoms with Gasteiger partial charge in [-0.05, 0) is 49.1 Å². The molecule has 0 fully saturated rings. The normalized spacial score (nSPS) is 10.2. The number of aryl methyl sites for hydroxylation is 1. The van der Waals surface area contributed by atoms with E-state index in [2.05, 4.69) is 10.6 Å². The van der Waals surface area contributed by atoms with E-state index >= 15 is 0 Å². The molecule has 0 saturated carbocycles. The summed E-state index contributed by atoms with van der Waals surface area (Å²) in [7, 11) is 4.77. The van der Waals surface area contributed by atoms with E-state index in [9.17, 15) is 4.79 Å². The quantitative estimate of drug-likeness (QED) is 0.792. The minimum atomic E-state index is -0.238. The molecule has 6 nitrogen and oxygen atoms in total. The van der Waals surface area contributed by atoms with E-state index in [1.165, 1.54) is 0 Å². The van der Waals surface area contributed by atoms with Gasteiger partial charge in [-0.2, -0.15) is 0 Å². The van der Waals surface area contributed by atoms with Crippen molar-refractivity contribution >= 4 is 11.7 Å². The minimum Gasteiger partial charge on any atom is -0.496 e. The van der Waals surface area contributed by atoms with Crippen molar-refractivity contribution in [1.82, 2.24) is 5.32 Å².